The fourth-order valence-corrected chi connectivity index (χ4v) is 3.42. The van der Waals surface area contributed by atoms with Gasteiger partial charge >= 0.3 is 5.97 Å². The van der Waals surface area contributed by atoms with Gasteiger partial charge in [0.1, 0.15) is 17.9 Å². The summed E-state index contributed by atoms with van der Waals surface area (Å²) in [5, 5.41) is 10.1. The summed E-state index contributed by atoms with van der Waals surface area (Å²) in [6.07, 6.45) is 6.26. The van der Waals surface area contributed by atoms with Crippen LogP contribution in [0.25, 0.3) is 16.6 Å². The molecule has 2 heterocycles. The SMILES string of the molecule is C=CC(C)C(NC(=O)C(CC)NC(=O)c1cncc2c1cnn2-c1ccc(F)cc1)C(=O)OC. The van der Waals surface area contributed by atoms with Crippen LogP contribution in [-0.2, 0) is 14.3 Å². The van der Waals surface area contributed by atoms with Crippen molar-refractivity contribution in [3.8, 4) is 5.69 Å². The van der Waals surface area contributed by atoms with Gasteiger partial charge in [0, 0.05) is 17.5 Å². The second-order valence-corrected chi connectivity index (χ2v) is 7.69. The molecule has 0 fully saturated rings. The van der Waals surface area contributed by atoms with Crippen molar-refractivity contribution in [2.24, 2.45) is 5.92 Å². The van der Waals surface area contributed by atoms with E-state index in [9.17, 15) is 18.8 Å². The van der Waals surface area contributed by atoms with E-state index in [-0.39, 0.29) is 23.7 Å². The minimum atomic E-state index is -0.931. The van der Waals surface area contributed by atoms with E-state index in [0.29, 0.717) is 16.6 Å². The van der Waals surface area contributed by atoms with Gasteiger partial charge in [-0.1, -0.05) is 19.9 Å². The first-order valence-electron chi connectivity index (χ1n) is 10.7. The minimum absolute atomic E-state index is 0.223. The van der Waals surface area contributed by atoms with Crippen LogP contribution >= 0.6 is 0 Å². The van der Waals surface area contributed by atoms with Crippen molar-refractivity contribution in [2.75, 3.05) is 7.11 Å². The van der Waals surface area contributed by atoms with Crippen LogP contribution in [0.3, 0.4) is 0 Å². The zero-order valence-electron chi connectivity index (χ0n) is 19.1. The molecule has 34 heavy (non-hydrogen) atoms. The Bertz CT molecular complexity index is 1210. The van der Waals surface area contributed by atoms with E-state index in [1.54, 1.807) is 36.9 Å². The van der Waals surface area contributed by atoms with Crippen molar-refractivity contribution in [3.05, 3.63) is 66.9 Å². The summed E-state index contributed by atoms with van der Waals surface area (Å²) in [4.78, 5) is 42.1. The topological polar surface area (TPSA) is 115 Å². The lowest BCUT2D eigenvalue weighted by Crippen LogP contribution is -2.53. The number of ether oxygens (including phenoxy) is 1. The van der Waals surface area contributed by atoms with Gasteiger partial charge in [-0.25, -0.2) is 13.9 Å². The van der Waals surface area contributed by atoms with Crippen molar-refractivity contribution < 1.29 is 23.5 Å². The lowest BCUT2D eigenvalue weighted by atomic mass is 10.0. The molecule has 0 bridgehead atoms. The van der Waals surface area contributed by atoms with Gasteiger partial charge < -0.3 is 15.4 Å². The second kappa shape index (κ2) is 10.7. The van der Waals surface area contributed by atoms with Gasteiger partial charge in [-0.05, 0) is 30.7 Å². The maximum absolute atomic E-state index is 13.3. The standard InChI is InChI=1S/C24H26FN5O4/c1-5-14(3)21(24(33)34-4)29-23(32)19(6-2)28-22(31)18-11-26-13-20-17(18)12-27-30(20)16-9-7-15(25)8-10-16/h5,7-14,19,21H,1,6H2,2-4H3,(H,28,31)(H,29,32). The third-order valence-corrected chi connectivity index (χ3v) is 5.49. The number of esters is 1. The Morgan fingerprint density at radius 3 is 2.50 bits per heavy atom. The zero-order valence-corrected chi connectivity index (χ0v) is 19.1. The predicted octanol–water partition coefficient (Wildman–Crippen LogP) is 2.55. The average molecular weight is 468 g/mol. The fraction of sp³-hybridized carbons (Fsp3) is 0.292. The van der Waals surface area contributed by atoms with Crippen molar-refractivity contribution in [1.29, 1.82) is 0 Å². The number of aromatic nitrogens is 3. The van der Waals surface area contributed by atoms with Crippen molar-refractivity contribution in [1.82, 2.24) is 25.4 Å². The Balaban J connectivity index is 1.83. The number of nitrogens with zero attached hydrogens (tertiary/aromatic N) is 3. The fourth-order valence-electron chi connectivity index (χ4n) is 3.42. The molecule has 0 aliphatic carbocycles. The number of methoxy groups -OCH3 is 1. The molecular weight excluding hydrogens is 441 g/mol. The van der Waals surface area contributed by atoms with Crippen molar-refractivity contribution >= 4 is 28.7 Å². The summed E-state index contributed by atoms with van der Waals surface area (Å²) < 4.78 is 19.6. The lowest BCUT2D eigenvalue weighted by Gasteiger charge is -2.24. The van der Waals surface area contributed by atoms with Crippen LogP contribution in [0.5, 0.6) is 0 Å². The molecule has 0 spiro atoms. The van der Waals surface area contributed by atoms with Gasteiger partial charge in [-0.3, -0.25) is 14.6 Å². The molecule has 2 N–H and O–H groups in total. The van der Waals surface area contributed by atoms with E-state index in [1.165, 1.54) is 37.7 Å². The molecule has 1 aromatic carbocycles. The molecule has 0 saturated heterocycles. The maximum atomic E-state index is 13.3. The summed E-state index contributed by atoms with van der Waals surface area (Å²) in [6.45, 7) is 7.11. The lowest BCUT2D eigenvalue weighted by molar-refractivity contribution is -0.146. The minimum Gasteiger partial charge on any atom is -0.467 e. The van der Waals surface area contributed by atoms with E-state index in [4.69, 9.17) is 4.74 Å². The first-order chi connectivity index (χ1) is 16.3. The van der Waals surface area contributed by atoms with Crippen LogP contribution in [0.4, 0.5) is 4.39 Å². The highest BCUT2D eigenvalue weighted by Crippen LogP contribution is 2.21. The van der Waals surface area contributed by atoms with Crippen LogP contribution in [0.2, 0.25) is 0 Å². The molecule has 2 amide bonds. The highest BCUT2D eigenvalue weighted by atomic mass is 19.1. The Morgan fingerprint density at radius 1 is 1.18 bits per heavy atom. The molecule has 178 valence electrons. The van der Waals surface area contributed by atoms with Crippen LogP contribution in [0.15, 0.2) is 55.5 Å². The second-order valence-electron chi connectivity index (χ2n) is 7.69. The molecule has 0 saturated carbocycles. The number of fused-ring (bicyclic) bond motifs is 1. The van der Waals surface area contributed by atoms with Gasteiger partial charge in [-0.15, -0.1) is 6.58 Å². The first kappa shape index (κ1) is 24.6. The summed E-state index contributed by atoms with van der Waals surface area (Å²) in [6, 6.07) is 3.92. The van der Waals surface area contributed by atoms with Crippen molar-refractivity contribution in [3.63, 3.8) is 0 Å². The summed E-state index contributed by atoms with van der Waals surface area (Å²) in [5.41, 5.74) is 1.37. The van der Waals surface area contributed by atoms with Crippen molar-refractivity contribution in [2.45, 2.75) is 32.4 Å². The van der Waals surface area contributed by atoms with Gasteiger partial charge in [0.2, 0.25) is 5.91 Å². The van der Waals surface area contributed by atoms with E-state index >= 15 is 0 Å². The monoisotopic (exact) mass is 467 g/mol. The number of pyridine rings is 1. The molecule has 0 aliphatic rings. The Kier molecular flexibility index (Phi) is 7.72. The van der Waals surface area contributed by atoms with Gasteiger partial charge in [-0.2, -0.15) is 5.10 Å². The van der Waals surface area contributed by atoms with E-state index in [0.717, 1.165) is 0 Å². The third-order valence-electron chi connectivity index (χ3n) is 5.49. The Hall–Kier alpha value is -4.08. The molecule has 3 rings (SSSR count). The predicted molar refractivity (Wildman–Crippen MR) is 124 cm³/mol. The van der Waals surface area contributed by atoms with Gasteiger partial charge in [0.25, 0.3) is 5.91 Å². The third kappa shape index (κ3) is 5.11. The molecule has 0 radical (unpaired) electrons. The summed E-state index contributed by atoms with van der Waals surface area (Å²) in [7, 11) is 1.23. The number of amides is 2. The van der Waals surface area contributed by atoms with Crippen LogP contribution in [0, 0.1) is 11.7 Å². The first-order valence-corrected chi connectivity index (χ1v) is 10.7. The largest absolute Gasteiger partial charge is 0.467 e. The molecule has 3 atom stereocenters. The summed E-state index contributed by atoms with van der Waals surface area (Å²) in [5.74, 6) is -2.41. The molecule has 10 heteroatoms. The van der Waals surface area contributed by atoms with Gasteiger partial charge in [0.15, 0.2) is 0 Å². The highest BCUT2D eigenvalue weighted by molar-refractivity contribution is 6.07. The molecule has 0 aliphatic heterocycles. The Labute approximate surface area is 196 Å². The highest BCUT2D eigenvalue weighted by Gasteiger charge is 2.30. The molecule has 3 aromatic rings. The van der Waals surface area contributed by atoms with E-state index < -0.39 is 29.9 Å². The van der Waals surface area contributed by atoms with Crippen LogP contribution in [0.1, 0.15) is 30.6 Å². The maximum Gasteiger partial charge on any atom is 0.328 e. The molecular formula is C24H26FN5O4. The smallest absolute Gasteiger partial charge is 0.328 e. The summed E-state index contributed by atoms with van der Waals surface area (Å²) >= 11 is 0. The Morgan fingerprint density at radius 2 is 1.88 bits per heavy atom. The quantitative estimate of drug-likeness (QED) is 0.369. The normalized spacial score (nSPS) is 13.5. The number of benzene rings is 1. The number of hydrogen-bond acceptors (Lipinski definition) is 6. The molecule has 3 unspecified atom stereocenters. The van der Waals surface area contributed by atoms with Gasteiger partial charge in [0.05, 0.1) is 36.3 Å². The number of nitrogens with one attached hydrogen (secondary N) is 2. The number of rotatable bonds is 9. The van der Waals surface area contributed by atoms with Crippen LogP contribution < -0.4 is 10.6 Å². The number of carbonyl (C=O) groups is 3. The number of hydrogen-bond donors (Lipinski definition) is 2. The average Bonchev–Trinajstić information content (AvgIpc) is 3.29. The zero-order chi connectivity index (χ0) is 24.8. The van der Waals surface area contributed by atoms with Crippen LogP contribution in [-0.4, -0.2) is 51.7 Å². The molecule has 2 aromatic heterocycles. The number of halogens is 1. The van der Waals surface area contributed by atoms with E-state index in [2.05, 4.69) is 27.3 Å². The van der Waals surface area contributed by atoms with E-state index in [1.807, 2.05) is 0 Å². The number of carbonyl (C=O) groups excluding carboxylic acids is 3. The molecule has 9 nitrogen and oxygen atoms in total.